The molecule has 4 aromatic carbocycles. The Morgan fingerprint density at radius 3 is 1.40 bits per heavy atom. The number of anilines is 2. The van der Waals surface area contributed by atoms with Crippen LogP contribution in [-0.4, -0.2) is 57.2 Å². The molecule has 0 bridgehead atoms. The standard InChI is InChI=1S/C63H78N2O8S4/c1-9-11-27-53(74)76-51(45-23-17-15-18-24-45)40-49-42(3)56(66)64(57(49)67)47-33-29-43(30-34-47)39-44-31-35-48(36-32-44)65-58(68)50(41-52(46-25-19-16-20-26-46)77-54(75)28-12-10-2)55(59(65)69)63(7,8)61(71)73-38-22-14-13-21-37-72-60(70)62(4,5)6/h15-20,23-26,29-36,42,49-52,55H,9-14,21-22,27-28,37-41H2,1-8H3. The summed E-state index contributed by atoms with van der Waals surface area (Å²) >= 11 is 14.8. The number of hydrogen-bond acceptors (Lipinski definition) is 12. The molecule has 2 heterocycles. The van der Waals surface area contributed by atoms with Crippen LogP contribution in [0.25, 0.3) is 0 Å². The van der Waals surface area contributed by atoms with E-state index < -0.39 is 46.4 Å². The highest BCUT2D eigenvalue weighted by molar-refractivity contribution is 8.23. The summed E-state index contributed by atoms with van der Waals surface area (Å²) in [5.41, 5.74) is 2.98. The van der Waals surface area contributed by atoms with E-state index in [0.29, 0.717) is 43.7 Å². The molecule has 4 amide bonds. The van der Waals surface area contributed by atoms with Gasteiger partial charge in [0.25, 0.3) is 0 Å². The highest BCUT2D eigenvalue weighted by atomic mass is 32.2. The Labute approximate surface area is 477 Å². The molecule has 6 rings (SSSR count). The molecular formula is C63H78N2O8S4. The van der Waals surface area contributed by atoms with Crippen LogP contribution in [-0.2, 0) is 44.7 Å². The van der Waals surface area contributed by atoms with E-state index in [1.807, 2.05) is 113 Å². The lowest BCUT2D eigenvalue weighted by Gasteiger charge is -2.32. The van der Waals surface area contributed by atoms with E-state index >= 15 is 0 Å². The van der Waals surface area contributed by atoms with Crippen molar-refractivity contribution in [3.8, 4) is 0 Å². The summed E-state index contributed by atoms with van der Waals surface area (Å²) in [5.74, 6) is -4.85. The number of hydrogen-bond donors (Lipinski definition) is 0. The van der Waals surface area contributed by atoms with Gasteiger partial charge in [-0.1, -0.05) is 143 Å². The topological polar surface area (TPSA) is 127 Å². The molecular weight excluding hydrogens is 1040 g/mol. The monoisotopic (exact) mass is 1120 g/mol. The molecule has 0 spiro atoms. The van der Waals surface area contributed by atoms with Crippen LogP contribution in [0.3, 0.4) is 0 Å². The maximum Gasteiger partial charge on any atom is 0.312 e. The Balaban J connectivity index is 1.16. The number of carbonyl (C=O) groups excluding carboxylic acids is 6. The number of ether oxygens (including phenoxy) is 2. The Morgan fingerprint density at radius 2 is 0.961 bits per heavy atom. The minimum Gasteiger partial charge on any atom is -0.465 e. The van der Waals surface area contributed by atoms with Gasteiger partial charge in [-0.05, 0) is 152 Å². The third kappa shape index (κ3) is 16.3. The lowest BCUT2D eigenvalue weighted by atomic mass is 9.71. The minimum atomic E-state index is -1.36. The maximum atomic E-state index is 14.9. The van der Waals surface area contributed by atoms with Gasteiger partial charge in [-0.2, -0.15) is 0 Å². The molecule has 0 aliphatic carbocycles. The Bertz CT molecular complexity index is 2670. The van der Waals surface area contributed by atoms with Crippen molar-refractivity contribution in [2.75, 3.05) is 23.0 Å². The summed E-state index contributed by atoms with van der Waals surface area (Å²) in [5, 5.41) is -0.290. The normalized spacial score (nSPS) is 18.6. The first kappa shape index (κ1) is 61.2. The fourth-order valence-corrected chi connectivity index (χ4v) is 13.3. The fraction of sp³-hybridized carbons (Fsp3) is 0.492. The number of esters is 2. The zero-order valence-electron chi connectivity index (χ0n) is 46.3. The van der Waals surface area contributed by atoms with Gasteiger partial charge < -0.3 is 9.47 Å². The second-order valence-corrected chi connectivity index (χ2v) is 26.2. The number of carbonyl (C=O) groups is 6. The highest BCUT2D eigenvalue weighted by Gasteiger charge is 2.58. The summed E-state index contributed by atoms with van der Waals surface area (Å²) in [7, 11) is 0. The van der Waals surface area contributed by atoms with Crippen molar-refractivity contribution in [1.82, 2.24) is 0 Å². The smallest absolute Gasteiger partial charge is 0.312 e. The van der Waals surface area contributed by atoms with E-state index in [9.17, 15) is 28.8 Å². The van der Waals surface area contributed by atoms with Crippen molar-refractivity contribution < 1.29 is 38.2 Å². The molecule has 2 aliphatic rings. The molecule has 10 nitrogen and oxygen atoms in total. The SMILES string of the molecule is CCCCC(=S)SC(CC1C(=O)N(c2ccc(Cc3ccc(N4C(=O)C(CC(SC(=S)CCCC)c5ccccc5)C(C(C)(C)C(=O)OCCCCCCOC(=O)C(C)(C)C)C4=O)cc3)cc2)C(=O)C1C)c1ccccc1. The predicted molar refractivity (Wildman–Crippen MR) is 321 cm³/mol. The van der Waals surface area contributed by atoms with Crippen molar-refractivity contribution >= 4 is 103 Å². The molecule has 4 aromatic rings. The molecule has 14 heteroatoms. The van der Waals surface area contributed by atoms with Crippen LogP contribution in [0.15, 0.2) is 109 Å². The quantitative estimate of drug-likeness (QED) is 0.0244. The first-order valence-corrected chi connectivity index (χ1v) is 30.1. The number of thiocarbonyl (C=S) groups is 2. The van der Waals surface area contributed by atoms with Gasteiger partial charge in [-0.25, -0.2) is 0 Å². The average Bonchev–Trinajstić information content (AvgIpc) is 3.81. The summed E-state index contributed by atoms with van der Waals surface area (Å²) < 4.78 is 13.0. The molecule has 2 fully saturated rings. The van der Waals surface area contributed by atoms with Crippen LogP contribution < -0.4 is 9.80 Å². The molecule has 2 aliphatic heterocycles. The molecule has 2 saturated heterocycles. The van der Waals surface area contributed by atoms with Crippen LogP contribution in [0.1, 0.15) is 165 Å². The zero-order valence-corrected chi connectivity index (χ0v) is 49.5. The van der Waals surface area contributed by atoms with Gasteiger partial charge >= 0.3 is 11.9 Å². The van der Waals surface area contributed by atoms with E-state index in [1.165, 1.54) is 9.80 Å². The van der Waals surface area contributed by atoms with Gasteiger partial charge in [0, 0.05) is 24.8 Å². The van der Waals surface area contributed by atoms with Crippen molar-refractivity contribution in [1.29, 1.82) is 0 Å². The van der Waals surface area contributed by atoms with Crippen LogP contribution in [0, 0.1) is 34.5 Å². The third-order valence-electron chi connectivity index (χ3n) is 14.7. The minimum absolute atomic E-state index is 0.0493. The molecule has 0 saturated carbocycles. The third-order valence-corrected chi connectivity index (χ3v) is 18.1. The number of unbranched alkanes of at least 4 members (excludes halogenated alkanes) is 5. The van der Waals surface area contributed by atoms with E-state index in [-0.39, 0.29) is 47.2 Å². The van der Waals surface area contributed by atoms with Crippen LogP contribution in [0.5, 0.6) is 0 Å². The Hall–Kier alpha value is -5.02. The molecule has 412 valence electrons. The second-order valence-electron chi connectivity index (χ2n) is 22.1. The van der Waals surface area contributed by atoms with E-state index in [4.69, 9.17) is 33.9 Å². The van der Waals surface area contributed by atoms with Gasteiger partial charge in [-0.15, -0.1) is 23.5 Å². The van der Waals surface area contributed by atoms with Crippen molar-refractivity contribution in [3.63, 3.8) is 0 Å². The second kappa shape index (κ2) is 28.7. The Kier molecular flexibility index (Phi) is 22.8. The molecule has 77 heavy (non-hydrogen) atoms. The largest absolute Gasteiger partial charge is 0.465 e. The number of thioether (sulfide) groups is 2. The number of amides is 4. The first-order chi connectivity index (χ1) is 36.8. The van der Waals surface area contributed by atoms with E-state index in [2.05, 4.69) is 26.0 Å². The van der Waals surface area contributed by atoms with E-state index in [0.717, 1.165) is 82.0 Å². The maximum absolute atomic E-state index is 14.9. The molecule has 6 atom stereocenters. The lowest BCUT2D eigenvalue weighted by Crippen LogP contribution is -2.42. The molecule has 0 N–H and O–H groups in total. The summed E-state index contributed by atoms with van der Waals surface area (Å²) in [6.45, 7) is 15.5. The van der Waals surface area contributed by atoms with Crippen LogP contribution in [0.4, 0.5) is 11.4 Å². The number of imide groups is 2. The Morgan fingerprint density at radius 1 is 0.545 bits per heavy atom. The van der Waals surface area contributed by atoms with Crippen LogP contribution >= 0.6 is 48.0 Å². The van der Waals surface area contributed by atoms with Crippen molar-refractivity contribution in [2.45, 2.75) is 149 Å². The molecule has 0 radical (unpaired) electrons. The number of nitrogens with zero attached hydrogens (tertiary/aromatic N) is 2. The van der Waals surface area contributed by atoms with Gasteiger partial charge in [0.05, 0.1) is 53.2 Å². The van der Waals surface area contributed by atoms with Crippen LogP contribution in [0.2, 0.25) is 0 Å². The summed E-state index contributed by atoms with van der Waals surface area (Å²) in [6, 6.07) is 34.8. The van der Waals surface area contributed by atoms with Gasteiger partial charge in [0.15, 0.2) is 0 Å². The zero-order chi connectivity index (χ0) is 55.9. The van der Waals surface area contributed by atoms with Gasteiger partial charge in [-0.3, -0.25) is 38.6 Å². The first-order valence-electron chi connectivity index (χ1n) is 27.5. The van der Waals surface area contributed by atoms with Crippen molar-refractivity contribution in [3.05, 3.63) is 131 Å². The summed E-state index contributed by atoms with van der Waals surface area (Å²) in [6.07, 6.45) is 9.75. The summed E-state index contributed by atoms with van der Waals surface area (Å²) in [4.78, 5) is 86.6. The van der Waals surface area contributed by atoms with Crippen molar-refractivity contribution in [2.24, 2.45) is 34.5 Å². The lowest BCUT2D eigenvalue weighted by molar-refractivity contribution is -0.160. The number of rotatable bonds is 27. The fourth-order valence-electron chi connectivity index (χ4n) is 10.0. The van der Waals surface area contributed by atoms with Gasteiger partial charge in [0.2, 0.25) is 23.6 Å². The molecule has 0 aromatic heterocycles. The molecule has 6 unspecified atom stereocenters. The van der Waals surface area contributed by atoms with E-state index in [1.54, 1.807) is 49.5 Å². The average molecular weight is 1120 g/mol. The number of benzene rings is 4. The van der Waals surface area contributed by atoms with Gasteiger partial charge in [0.1, 0.15) is 0 Å². The highest BCUT2D eigenvalue weighted by Crippen LogP contribution is 2.49. The predicted octanol–water partition coefficient (Wildman–Crippen LogP) is 15.0.